The third kappa shape index (κ3) is 6.48. The Kier molecular flexibility index (Phi) is 7.49. The lowest BCUT2D eigenvalue weighted by molar-refractivity contribution is -0.135. The van der Waals surface area contributed by atoms with Gasteiger partial charge in [0.1, 0.15) is 18.1 Å². The molecule has 0 spiro atoms. The highest BCUT2D eigenvalue weighted by Crippen LogP contribution is 2.16. The molecule has 3 rings (SSSR count). The second-order valence-electron chi connectivity index (χ2n) is 6.89. The Morgan fingerprint density at radius 3 is 2.10 bits per heavy atom. The van der Waals surface area contributed by atoms with Gasteiger partial charge in [0.05, 0.1) is 0 Å². The van der Waals surface area contributed by atoms with Gasteiger partial charge < -0.3 is 14.4 Å². The number of nitrogens with zero attached hydrogens (tertiary/aromatic N) is 2. The van der Waals surface area contributed by atoms with Crippen LogP contribution in [-0.2, 0) is 4.79 Å². The lowest BCUT2D eigenvalue weighted by Crippen LogP contribution is -2.50. The number of hydrogen-bond acceptors (Lipinski definition) is 5. The van der Waals surface area contributed by atoms with Crippen LogP contribution in [-0.4, -0.2) is 67.4 Å². The largest absolute Gasteiger partial charge is 0.492 e. The van der Waals surface area contributed by atoms with E-state index in [4.69, 9.17) is 21.1 Å². The highest BCUT2D eigenvalue weighted by Gasteiger charge is 2.21. The second kappa shape index (κ2) is 10.3. The van der Waals surface area contributed by atoms with Crippen molar-refractivity contribution in [3.8, 4) is 11.5 Å². The quantitative estimate of drug-likeness (QED) is 0.619. The molecule has 1 heterocycles. The van der Waals surface area contributed by atoms with E-state index in [0.717, 1.165) is 25.4 Å². The van der Waals surface area contributed by atoms with Crippen LogP contribution in [0.1, 0.15) is 17.3 Å². The minimum atomic E-state index is -0.0299. The average Bonchev–Trinajstić information content (AvgIpc) is 2.74. The van der Waals surface area contributed by atoms with Crippen molar-refractivity contribution in [3.63, 3.8) is 0 Å². The zero-order chi connectivity index (χ0) is 20.6. The number of carbonyl (C=O) groups is 2. The maximum absolute atomic E-state index is 12.4. The van der Waals surface area contributed by atoms with Crippen LogP contribution in [0.15, 0.2) is 48.5 Å². The third-order valence-corrected chi connectivity index (χ3v) is 5.09. The van der Waals surface area contributed by atoms with Crippen molar-refractivity contribution in [3.05, 3.63) is 59.1 Å². The monoisotopic (exact) mass is 416 g/mol. The molecule has 2 aromatic carbocycles. The Morgan fingerprint density at radius 1 is 0.897 bits per heavy atom. The van der Waals surface area contributed by atoms with Gasteiger partial charge in [-0.15, -0.1) is 0 Å². The second-order valence-corrected chi connectivity index (χ2v) is 7.33. The first kappa shape index (κ1) is 21.1. The van der Waals surface area contributed by atoms with Crippen molar-refractivity contribution in [2.45, 2.75) is 6.92 Å². The molecule has 0 radical (unpaired) electrons. The van der Waals surface area contributed by atoms with Crippen molar-refractivity contribution in [1.29, 1.82) is 0 Å². The van der Waals surface area contributed by atoms with E-state index >= 15 is 0 Å². The zero-order valence-corrected chi connectivity index (χ0v) is 17.2. The van der Waals surface area contributed by atoms with E-state index in [9.17, 15) is 9.59 Å². The van der Waals surface area contributed by atoms with Crippen molar-refractivity contribution < 1.29 is 19.1 Å². The number of amides is 1. The molecule has 0 unspecified atom stereocenters. The summed E-state index contributed by atoms with van der Waals surface area (Å²) in [4.78, 5) is 27.8. The van der Waals surface area contributed by atoms with Crippen LogP contribution < -0.4 is 9.47 Å². The average molecular weight is 417 g/mol. The molecular formula is C22H25ClN2O4. The van der Waals surface area contributed by atoms with Gasteiger partial charge in [-0.25, -0.2) is 0 Å². The molecule has 0 saturated carbocycles. The smallest absolute Gasteiger partial charge is 0.260 e. The molecule has 154 valence electrons. The summed E-state index contributed by atoms with van der Waals surface area (Å²) in [6, 6.07) is 14.1. The number of hydrogen-bond donors (Lipinski definition) is 0. The van der Waals surface area contributed by atoms with Crippen molar-refractivity contribution in [2.75, 3.05) is 45.9 Å². The molecule has 1 aliphatic rings. The molecule has 0 aromatic heterocycles. The van der Waals surface area contributed by atoms with E-state index in [0.29, 0.717) is 36.0 Å². The zero-order valence-electron chi connectivity index (χ0n) is 16.5. The summed E-state index contributed by atoms with van der Waals surface area (Å²) >= 11 is 5.86. The first-order valence-corrected chi connectivity index (χ1v) is 10.0. The molecule has 1 aliphatic heterocycles. The number of piperazine rings is 1. The van der Waals surface area contributed by atoms with Gasteiger partial charge in [-0.3, -0.25) is 14.5 Å². The van der Waals surface area contributed by atoms with Crippen molar-refractivity contribution >= 4 is 23.3 Å². The highest BCUT2D eigenvalue weighted by molar-refractivity contribution is 6.30. The van der Waals surface area contributed by atoms with E-state index in [1.807, 2.05) is 17.0 Å². The Bertz CT molecular complexity index is 816. The van der Waals surface area contributed by atoms with E-state index < -0.39 is 0 Å². The van der Waals surface area contributed by atoms with Crippen LogP contribution in [0.2, 0.25) is 5.02 Å². The maximum Gasteiger partial charge on any atom is 0.260 e. The molecular weight excluding hydrogens is 392 g/mol. The third-order valence-electron chi connectivity index (χ3n) is 4.84. The van der Waals surface area contributed by atoms with Gasteiger partial charge in [0, 0.05) is 43.3 Å². The summed E-state index contributed by atoms with van der Waals surface area (Å²) in [6.07, 6.45) is 0. The standard InChI is InChI=1S/C22H25ClN2O4/c1-17(26)18-2-6-21(7-3-18)29-16-22(27)25-12-10-24(11-13-25)14-15-28-20-8-4-19(23)5-9-20/h2-9H,10-16H2,1H3. The first-order valence-electron chi connectivity index (χ1n) is 9.63. The normalized spacial score (nSPS) is 14.5. The van der Waals surface area contributed by atoms with Gasteiger partial charge in [0.2, 0.25) is 0 Å². The first-order chi connectivity index (χ1) is 14.0. The van der Waals surface area contributed by atoms with Gasteiger partial charge in [0.15, 0.2) is 12.4 Å². The molecule has 29 heavy (non-hydrogen) atoms. The van der Waals surface area contributed by atoms with E-state index in [1.54, 1.807) is 36.4 Å². The molecule has 0 aliphatic carbocycles. The predicted octanol–water partition coefficient (Wildman–Crippen LogP) is 3.14. The summed E-state index contributed by atoms with van der Waals surface area (Å²) in [5, 5.41) is 0.690. The molecule has 0 atom stereocenters. The van der Waals surface area contributed by atoms with Gasteiger partial charge in [-0.05, 0) is 55.5 Å². The van der Waals surface area contributed by atoms with Crippen LogP contribution in [0.5, 0.6) is 11.5 Å². The van der Waals surface area contributed by atoms with Gasteiger partial charge in [-0.1, -0.05) is 11.6 Å². The number of ketones is 1. The molecule has 0 N–H and O–H groups in total. The van der Waals surface area contributed by atoms with E-state index in [-0.39, 0.29) is 18.3 Å². The van der Waals surface area contributed by atoms with Gasteiger partial charge in [-0.2, -0.15) is 0 Å². The fraction of sp³-hybridized carbons (Fsp3) is 0.364. The van der Waals surface area contributed by atoms with Gasteiger partial charge in [0.25, 0.3) is 5.91 Å². The number of carbonyl (C=O) groups excluding carboxylic acids is 2. The highest BCUT2D eigenvalue weighted by atomic mass is 35.5. The molecule has 1 fully saturated rings. The molecule has 1 saturated heterocycles. The number of halogens is 1. The van der Waals surface area contributed by atoms with E-state index in [1.165, 1.54) is 6.92 Å². The fourth-order valence-corrected chi connectivity index (χ4v) is 3.19. The fourth-order valence-electron chi connectivity index (χ4n) is 3.07. The lowest BCUT2D eigenvalue weighted by atomic mass is 10.1. The topological polar surface area (TPSA) is 59.1 Å². The van der Waals surface area contributed by atoms with Crippen molar-refractivity contribution in [1.82, 2.24) is 9.80 Å². The summed E-state index contributed by atoms with van der Waals surface area (Å²) in [5.41, 5.74) is 0.625. The molecule has 7 heteroatoms. The Labute approximate surface area is 176 Å². The maximum atomic E-state index is 12.4. The summed E-state index contributed by atoms with van der Waals surface area (Å²) in [7, 11) is 0. The Hall–Kier alpha value is -2.57. The number of rotatable bonds is 8. The van der Waals surface area contributed by atoms with Crippen LogP contribution >= 0.6 is 11.6 Å². The SMILES string of the molecule is CC(=O)c1ccc(OCC(=O)N2CCN(CCOc3ccc(Cl)cc3)CC2)cc1. The summed E-state index contributed by atoms with van der Waals surface area (Å²) in [5.74, 6) is 1.36. The summed E-state index contributed by atoms with van der Waals surface area (Å²) < 4.78 is 11.3. The van der Waals surface area contributed by atoms with Crippen LogP contribution in [0.25, 0.3) is 0 Å². The van der Waals surface area contributed by atoms with Crippen LogP contribution in [0.3, 0.4) is 0 Å². The molecule has 6 nitrogen and oxygen atoms in total. The molecule has 1 amide bonds. The lowest BCUT2D eigenvalue weighted by Gasteiger charge is -2.34. The van der Waals surface area contributed by atoms with Crippen LogP contribution in [0.4, 0.5) is 0 Å². The minimum Gasteiger partial charge on any atom is -0.492 e. The predicted molar refractivity (Wildman–Crippen MR) is 112 cm³/mol. The number of Topliss-reactive ketones (excluding diaryl/α,β-unsaturated/α-hetero) is 1. The number of ether oxygens (including phenoxy) is 2. The summed E-state index contributed by atoms with van der Waals surface area (Å²) in [6.45, 7) is 5.88. The van der Waals surface area contributed by atoms with Gasteiger partial charge >= 0.3 is 0 Å². The van der Waals surface area contributed by atoms with Crippen LogP contribution in [0, 0.1) is 0 Å². The minimum absolute atomic E-state index is 0.000897. The number of benzene rings is 2. The molecule has 0 bridgehead atoms. The van der Waals surface area contributed by atoms with E-state index in [2.05, 4.69) is 4.90 Å². The Balaban J connectivity index is 1.34. The molecule has 2 aromatic rings. The Morgan fingerprint density at radius 2 is 1.48 bits per heavy atom. The van der Waals surface area contributed by atoms with Crippen molar-refractivity contribution in [2.24, 2.45) is 0 Å².